The van der Waals surface area contributed by atoms with Crippen molar-refractivity contribution in [1.82, 2.24) is 0 Å². The fourth-order valence-electron chi connectivity index (χ4n) is 0.354. The van der Waals surface area contributed by atoms with Gasteiger partial charge in [0, 0.05) is 13.0 Å². The van der Waals surface area contributed by atoms with E-state index in [4.69, 9.17) is 0 Å². The van der Waals surface area contributed by atoms with Crippen LogP contribution in [0.3, 0.4) is 0 Å². The molecular formula is C5H4FO. The summed E-state index contributed by atoms with van der Waals surface area (Å²) in [6.45, 7) is 3.33. The summed E-state index contributed by atoms with van der Waals surface area (Å²) in [6, 6.07) is 1.22. The first-order chi connectivity index (χ1) is 3.29. The lowest BCUT2D eigenvalue weighted by Gasteiger charge is -1.68. The molecule has 0 aliphatic heterocycles. The van der Waals surface area contributed by atoms with Crippen LogP contribution in [-0.4, -0.2) is 0 Å². The minimum Gasteiger partial charge on any atom is -0.466 e. The molecule has 0 atom stereocenters. The summed E-state index contributed by atoms with van der Waals surface area (Å²) in [4.78, 5) is 0. The third kappa shape index (κ3) is 0.796. The highest BCUT2D eigenvalue weighted by Crippen LogP contribution is 2.01. The van der Waals surface area contributed by atoms with Crippen LogP contribution in [0.15, 0.2) is 16.7 Å². The summed E-state index contributed by atoms with van der Waals surface area (Å²) in [7, 11) is 0. The van der Waals surface area contributed by atoms with Crippen LogP contribution < -0.4 is 0 Å². The van der Waals surface area contributed by atoms with Gasteiger partial charge in [-0.2, -0.15) is 0 Å². The van der Waals surface area contributed by atoms with Gasteiger partial charge < -0.3 is 4.42 Å². The van der Waals surface area contributed by atoms with E-state index in [2.05, 4.69) is 11.3 Å². The van der Waals surface area contributed by atoms with E-state index in [0.717, 1.165) is 6.26 Å². The van der Waals surface area contributed by atoms with Crippen molar-refractivity contribution in [2.45, 2.75) is 0 Å². The van der Waals surface area contributed by atoms with Gasteiger partial charge in [0.15, 0.2) is 5.82 Å². The van der Waals surface area contributed by atoms with Crippen LogP contribution >= 0.6 is 0 Å². The maximum absolute atomic E-state index is 11.8. The van der Waals surface area contributed by atoms with Crippen molar-refractivity contribution in [3.05, 3.63) is 30.8 Å². The maximum Gasteiger partial charge on any atom is 0.161 e. The lowest BCUT2D eigenvalue weighted by molar-refractivity contribution is 0.521. The smallest absolute Gasteiger partial charge is 0.161 e. The maximum atomic E-state index is 11.8. The van der Waals surface area contributed by atoms with Gasteiger partial charge in [-0.1, -0.05) is 0 Å². The Morgan fingerprint density at radius 2 is 2.43 bits per heavy atom. The molecule has 0 unspecified atom stereocenters. The Balaban J connectivity index is 3.04. The average Bonchev–Trinajstić information content (AvgIpc) is 1.87. The van der Waals surface area contributed by atoms with Gasteiger partial charge in [-0.25, -0.2) is 4.39 Å². The zero-order valence-electron chi connectivity index (χ0n) is 3.65. The zero-order valence-corrected chi connectivity index (χ0v) is 3.65. The van der Waals surface area contributed by atoms with Gasteiger partial charge in [-0.15, -0.1) is 0 Å². The first-order valence-electron chi connectivity index (χ1n) is 1.85. The number of furan rings is 1. The highest BCUT2D eigenvalue weighted by Gasteiger charge is 1.90. The largest absolute Gasteiger partial charge is 0.466 e. The second kappa shape index (κ2) is 1.37. The molecule has 37 valence electrons. The Labute approximate surface area is 40.8 Å². The number of rotatable bonds is 0. The number of hydrogen-bond acceptors (Lipinski definition) is 1. The Kier molecular flexibility index (Phi) is 0.855. The summed E-state index contributed by atoms with van der Waals surface area (Å²) >= 11 is 0. The average molecular weight is 99.1 g/mol. The van der Waals surface area contributed by atoms with Crippen LogP contribution in [-0.2, 0) is 0 Å². The van der Waals surface area contributed by atoms with Gasteiger partial charge >= 0.3 is 0 Å². The van der Waals surface area contributed by atoms with Gasteiger partial charge in [0.1, 0.15) is 12.0 Å². The minimum atomic E-state index is -0.370. The van der Waals surface area contributed by atoms with Crippen LogP contribution in [0, 0.1) is 12.7 Å². The van der Waals surface area contributed by atoms with Crippen LogP contribution in [0.5, 0.6) is 0 Å². The van der Waals surface area contributed by atoms with Crippen LogP contribution in [0.4, 0.5) is 4.39 Å². The Bertz CT molecular complexity index is 140. The molecule has 1 aromatic rings. The summed E-state index contributed by atoms with van der Waals surface area (Å²) in [5, 5.41) is 0. The first-order valence-corrected chi connectivity index (χ1v) is 1.85. The van der Waals surface area contributed by atoms with Crippen LogP contribution in [0.2, 0.25) is 0 Å². The van der Waals surface area contributed by atoms with E-state index >= 15 is 0 Å². The van der Waals surface area contributed by atoms with E-state index in [1.54, 1.807) is 0 Å². The fraction of sp³-hybridized carbons (Fsp3) is 0. The fourth-order valence-corrected chi connectivity index (χ4v) is 0.354. The van der Waals surface area contributed by atoms with Crippen molar-refractivity contribution < 1.29 is 8.81 Å². The molecule has 0 aliphatic carbocycles. The van der Waals surface area contributed by atoms with E-state index in [0.29, 0.717) is 5.76 Å². The number of halogens is 1. The molecule has 7 heavy (non-hydrogen) atoms. The Morgan fingerprint density at radius 1 is 1.71 bits per heavy atom. The van der Waals surface area contributed by atoms with Crippen molar-refractivity contribution in [2.24, 2.45) is 0 Å². The predicted molar refractivity (Wildman–Crippen MR) is 23.1 cm³/mol. The number of hydrogen-bond donors (Lipinski definition) is 0. The first kappa shape index (κ1) is 4.37. The summed E-state index contributed by atoms with van der Waals surface area (Å²) in [5.41, 5.74) is 0. The lowest BCUT2D eigenvalue weighted by atomic mass is 10.5. The van der Waals surface area contributed by atoms with Crippen LogP contribution in [0.1, 0.15) is 5.76 Å². The van der Waals surface area contributed by atoms with Gasteiger partial charge in [-0.3, -0.25) is 0 Å². The molecule has 1 aromatic heterocycles. The van der Waals surface area contributed by atoms with Crippen molar-refractivity contribution in [3.63, 3.8) is 0 Å². The molecule has 0 aromatic carbocycles. The van der Waals surface area contributed by atoms with E-state index in [1.807, 2.05) is 0 Å². The van der Waals surface area contributed by atoms with E-state index < -0.39 is 0 Å². The summed E-state index contributed by atoms with van der Waals surface area (Å²) in [6.07, 6.45) is 1.02. The van der Waals surface area contributed by atoms with Crippen LogP contribution in [0.25, 0.3) is 0 Å². The molecule has 1 nitrogen and oxygen atoms in total. The molecule has 0 aliphatic rings. The Morgan fingerprint density at radius 3 is 2.57 bits per heavy atom. The molecule has 0 spiro atoms. The lowest BCUT2D eigenvalue weighted by Crippen LogP contribution is -1.54. The molecular weight excluding hydrogens is 95.1 g/mol. The second-order valence-electron chi connectivity index (χ2n) is 1.23. The minimum absolute atomic E-state index is 0.359. The van der Waals surface area contributed by atoms with Gasteiger partial charge in [0.25, 0.3) is 0 Å². The predicted octanol–water partition coefficient (Wildman–Crippen LogP) is 1.60. The van der Waals surface area contributed by atoms with Gasteiger partial charge in [0.2, 0.25) is 0 Å². The molecule has 1 radical (unpaired) electrons. The van der Waals surface area contributed by atoms with Crippen molar-refractivity contribution in [3.8, 4) is 0 Å². The van der Waals surface area contributed by atoms with E-state index in [9.17, 15) is 4.39 Å². The quantitative estimate of drug-likeness (QED) is 0.481. The van der Waals surface area contributed by atoms with Gasteiger partial charge in [0.05, 0.1) is 0 Å². The monoisotopic (exact) mass is 99.0 g/mol. The molecule has 0 saturated heterocycles. The third-order valence-corrected chi connectivity index (χ3v) is 0.622. The SMILES string of the molecule is [CH2]c1cc(F)co1. The summed E-state index contributed by atoms with van der Waals surface area (Å²) < 4.78 is 16.3. The molecule has 0 bridgehead atoms. The third-order valence-electron chi connectivity index (χ3n) is 0.622. The van der Waals surface area contributed by atoms with E-state index in [-0.39, 0.29) is 5.82 Å². The zero-order chi connectivity index (χ0) is 5.28. The second-order valence-corrected chi connectivity index (χ2v) is 1.23. The molecule has 0 saturated carbocycles. The molecule has 0 amide bonds. The standard InChI is InChI=1S/C5H4FO/c1-4-2-5(6)3-7-4/h2-3H,1H2. The van der Waals surface area contributed by atoms with Crippen molar-refractivity contribution >= 4 is 0 Å². The summed E-state index contributed by atoms with van der Waals surface area (Å²) in [5.74, 6) is -0.0116. The van der Waals surface area contributed by atoms with E-state index in [1.165, 1.54) is 6.07 Å². The molecule has 2 heteroatoms. The highest BCUT2D eigenvalue weighted by atomic mass is 19.1. The molecule has 0 N–H and O–H groups in total. The Hall–Kier alpha value is -0.790. The molecule has 1 heterocycles. The topological polar surface area (TPSA) is 13.1 Å². The molecule has 0 fully saturated rings. The molecule has 1 rings (SSSR count). The van der Waals surface area contributed by atoms with Crippen molar-refractivity contribution in [2.75, 3.05) is 0 Å². The van der Waals surface area contributed by atoms with Crippen molar-refractivity contribution in [1.29, 1.82) is 0 Å². The normalized spacial score (nSPS) is 9.43. The highest BCUT2D eigenvalue weighted by molar-refractivity contribution is 5.02. The van der Waals surface area contributed by atoms with Gasteiger partial charge in [-0.05, 0) is 0 Å².